The molecule has 3 heteroatoms. The molecule has 0 bridgehead atoms. The van der Waals surface area contributed by atoms with Crippen LogP contribution in [0.5, 0.6) is 5.75 Å². The van der Waals surface area contributed by atoms with E-state index >= 15 is 0 Å². The van der Waals surface area contributed by atoms with Crippen molar-refractivity contribution in [2.24, 2.45) is 0 Å². The van der Waals surface area contributed by atoms with E-state index < -0.39 is 0 Å². The highest BCUT2D eigenvalue weighted by Gasteiger charge is 2.15. The predicted octanol–water partition coefficient (Wildman–Crippen LogP) is 3.88. The van der Waals surface area contributed by atoms with Gasteiger partial charge in [-0.2, -0.15) is 0 Å². The fourth-order valence-corrected chi connectivity index (χ4v) is 2.36. The van der Waals surface area contributed by atoms with Crippen LogP contribution in [0.25, 0.3) is 0 Å². The smallest absolute Gasteiger partial charge is 0.119 e. The number of hydrogen-bond donors (Lipinski definition) is 1. The van der Waals surface area contributed by atoms with E-state index in [0.717, 1.165) is 30.1 Å². The third kappa shape index (κ3) is 4.30. The topological polar surface area (TPSA) is 34.1 Å². The zero-order chi connectivity index (χ0) is 15.1. The van der Waals surface area contributed by atoms with Crippen molar-refractivity contribution in [1.82, 2.24) is 10.3 Å². The number of hydrogen-bond acceptors (Lipinski definition) is 3. The fourth-order valence-electron chi connectivity index (χ4n) is 2.36. The lowest BCUT2D eigenvalue weighted by atomic mass is 10.0. The molecule has 0 amide bonds. The molecule has 1 aromatic heterocycles. The average molecular weight is 284 g/mol. The lowest BCUT2D eigenvalue weighted by molar-refractivity contribution is 0.339. The molecule has 0 saturated heterocycles. The van der Waals surface area contributed by atoms with Gasteiger partial charge in [-0.25, -0.2) is 0 Å². The summed E-state index contributed by atoms with van der Waals surface area (Å²) in [6, 6.07) is 14.5. The summed E-state index contributed by atoms with van der Waals surface area (Å²) in [7, 11) is 0. The van der Waals surface area contributed by atoms with E-state index in [0.29, 0.717) is 6.61 Å². The molecule has 21 heavy (non-hydrogen) atoms. The SMILES string of the molecule is CCCNC(c1cccc(OCC)c1)c1cccc(C)n1. The van der Waals surface area contributed by atoms with Crippen molar-refractivity contribution in [3.8, 4) is 5.75 Å². The van der Waals surface area contributed by atoms with Crippen molar-refractivity contribution >= 4 is 0 Å². The number of pyridine rings is 1. The number of nitrogens with zero attached hydrogens (tertiary/aromatic N) is 1. The maximum absolute atomic E-state index is 5.61. The standard InChI is InChI=1S/C18H24N2O/c1-4-12-19-18(17-11-6-8-14(3)20-17)15-9-7-10-16(13-15)21-5-2/h6-11,13,18-19H,4-5,12H2,1-3H3. The molecule has 3 nitrogen and oxygen atoms in total. The van der Waals surface area contributed by atoms with Crippen molar-refractivity contribution in [1.29, 1.82) is 0 Å². The molecule has 112 valence electrons. The van der Waals surface area contributed by atoms with Gasteiger partial charge in [-0.15, -0.1) is 0 Å². The van der Waals surface area contributed by atoms with Crippen molar-refractivity contribution in [3.05, 3.63) is 59.4 Å². The van der Waals surface area contributed by atoms with Gasteiger partial charge in [-0.1, -0.05) is 25.1 Å². The van der Waals surface area contributed by atoms with Crippen LogP contribution in [0.4, 0.5) is 0 Å². The van der Waals surface area contributed by atoms with Crippen LogP contribution in [0, 0.1) is 6.92 Å². The van der Waals surface area contributed by atoms with Crippen LogP contribution in [0.15, 0.2) is 42.5 Å². The van der Waals surface area contributed by atoms with Crippen LogP contribution in [-0.2, 0) is 0 Å². The van der Waals surface area contributed by atoms with Crippen LogP contribution in [0.3, 0.4) is 0 Å². The molecule has 1 atom stereocenters. The van der Waals surface area contributed by atoms with Crippen molar-refractivity contribution in [2.45, 2.75) is 33.2 Å². The quantitative estimate of drug-likeness (QED) is 0.838. The highest BCUT2D eigenvalue weighted by molar-refractivity contribution is 5.35. The minimum atomic E-state index is 0.102. The van der Waals surface area contributed by atoms with E-state index in [1.807, 2.05) is 32.0 Å². The Labute approximate surface area is 127 Å². The molecule has 0 saturated carbocycles. The van der Waals surface area contributed by atoms with Crippen LogP contribution < -0.4 is 10.1 Å². The summed E-state index contributed by atoms with van der Waals surface area (Å²) in [5.41, 5.74) is 3.28. The van der Waals surface area contributed by atoms with Gasteiger partial charge < -0.3 is 10.1 Å². The van der Waals surface area contributed by atoms with Gasteiger partial charge in [0.25, 0.3) is 0 Å². The molecule has 2 rings (SSSR count). The Balaban J connectivity index is 2.33. The van der Waals surface area contributed by atoms with E-state index in [-0.39, 0.29) is 6.04 Å². The van der Waals surface area contributed by atoms with Crippen molar-refractivity contribution in [2.75, 3.05) is 13.2 Å². The number of nitrogens with one attached hydrogen (secondary N) is 1. The lowest BCUT2D eigenvalue weighted by Crippen LogP contribution is -2.24. The first-order chi connectivity index (χ1) is 10.2. The van der Waals surface area contributed by atoms with Gasteiger partial charge in [0.05, 0.1) is 18.3 Å². The first-order valence-corrected chi connectivity index (χ1v) is 7.64. The molecule has 2 aromatic rings. The van der Waals surface area contributed by atoms with Gasteiger partial charge in [0.2, 0.25) is 0 Å². The second kappa shape index (κ2) is 7.79. The summed E-state index contributed by atoms with van der Waals surface area (Å²) < 4.78 is 5.61. The average Bonchev–Trinajstić information content (AvgIpc) is 2.49. The Bertz CT molecular complexity index is 569. The molecule has 1 aromatic carbocycles. The predicted molar refractivity (Wildman–Crippen MR) is 86.7 cm³/mol. The second-order valence-electron chi connectivity index (χ2n) is 5.10. The molecule has 0 aliphatic heterocycles. The monoisotopic (exact) mass is 284 g/mol. The lowest BCUT2D eigenvalue weighted by Gasteiger charge is -2.19. The highest BCUT2D eigenvalue weighted by Crippen LogP contribution is 2.24. The van der Waals surface area contributed by atoms with Gasteiger partial charge in [0.1, 0.15) is 5.75 Å². The molecule has 0 fully saturated rings. The van der Waals surface area contributed by atoms with Gasteiger partial charge in [-0.3, -0.25) is 4.98 Å². The first kappa shape index (κ1) is 15.5. The van der Waals surface area contributed by atoms with E-state index in [1.165, 1.54) is 5.56 Å². The fraction of sp³-hybridized carbons (Fsp3) is 0.389. The van der Waals surface area contributed by atoms with Gasteiger partial charge in [0, 0.05) is 5.69 Å². The normalized spacial score (nSPS) is 12.1. The Morgan fingerprint density at radius 1 is 1.14 bits per heavy atom. The van der Waals surface area contributed by atoms with Crippen LogP contribution in [0.2, 0.25) is 0 Å². The summed E-state index contributed by atoms with van der Waals surface area (Å²) in [6.45, 7) is 7.83. The van der Waals surface area contributed by atoms with E-state index in [9.17, 15) is 0 Å². The summed E-state index contributed by atoms with van der Waals surface area (Å²) in [5.74, 6) is 0.908. The summed E-state index contributed by atoms with van der Waals surface area (Å²) >= 11 is 0. The Hall–Kier alpha value is -1.87. The molecule has 1 heterocycles. The largest absolute Gasteiger partial charge is 0.494 e. The molecule has 1 unspecified atom stereocenters. The Kier molecular flexibility index (Phi) is 5.76. The summed E-state index contributed by atoms with van der Waals surface area (Å²) in [4.78, 5) is 4.68. The third-order valence-corrected chi connectivity index (χ3v) is 3.31. The third-order valence-electron chi connectivity index (χ3n) is 3.31. The number of ether oxygens (including phenoxy) is 1. The highest BCUT2D eigenvalue weighted by atomic mass is 16.5. The maximum atomic E-state index is 5.61. The van der Waals surface area contributed by atoms with Crippen LogP contribution >= 0.6 is 0 Å². The zero-order valence-corrected chi connectivity index (χ0v) is 13.1. The van der Waals surface area contributed by atoms with Gasteiger partial charge >= 0.3 is 0 Å². The number of aryl methyl sites for hydroxylation is 1. The summed E-state index contributed by atoms with van der Waals surface area (Å²) in [6.07, 6.45) is 1.09. The number of rotatable bonds is 7. The number of benzene rings is 1. The van der Waals surface area contributed by atoms with Gasteiger partial charge in [-0.05, 0) is 56.6 Å². The Morgan fingerprint density at radius 2 is 1.95 bits per heavy atom. The second-order valence-corrected chi connectivity index (χ2v) is 5.10. The first-order valence-electron chi connectivity index (χ1n) is 7.64. The Morgan fingerprint density at radius 3 is 2.67 bits per heavy atom. The van der Waals surface area contributed by atoms with Crippen LogP contribution in [0.1, 0.15) is 43.3 Å². The molecule has 0 aliphatic rings. The zero-order valence-electron chi connectivity index (χ0n) is 13.1. The molecule has 0 radical (unpaired) electrons. The molecular formula is C18H24N2O. The van der Waals surface area contributed by atoms with Crippen molar-refractivity contribution < 1.29 is 4.74 Å². The van der Waals surface area contributed by atoms with Crippen LogP contribution in [-0.4, -0.2) is 18.1 Å². The molecular weight excluding hydrogens is 260 g/mol. The minimum absolute atomic E-state index is 0.102. The number of aromatic nitrogens is 1. The van der Waals surface area contributed by atoms with Crippen molar-refractivity contribution in [3.63, 3.8) is 0 Å². The molecule has 0 aliphatic carbocycles. The van der Waals surface area contributed by atoms with E-state index in [1.54, 1.807) is 0 Å². The molecule has 0 spiro atoms. The van der Waals surface area contributed by atoms with Gasteiger partial charge in [0.15, 0.2) is 0 Å². The minimum Gasteiger partial charge on any atom is -0.494 e. The summed E-state index contributed by atoms with van der Waals surface area (Å²) in [5, 5.41) is 3.58. The maximum Gasteiger partial charge on any atom is 0.119 e. The van der Waals surface area contributed by atoms with E-state index in [2.05, 4.69) is 41.5 Å². The molecule has 1 N–H and O–H groups in total. The van der Waals surface area contributed by atoms with E-state index in [4.69, 9.17) is 4.74 Å².